The number of amides is 1. The number of carbonyl (C=O) groups is 1. The minimum Gasteiger partial charge on any atom is -0.484 e. The van der Waals surface area contributed by atoms with Crippen LogP contribution < -0.4 is 10.1 Å². The monoisotopic (exact) mass is 435 g/mol. The maximum atomic E-state index is 12.8. The van der Waals surface area contributed by atoms with Crippen LogP contribution in [0.1, 0.15) is 5.56 Å². The molecular weight excluding hydrogens is 409 g/mol. The normalized spacial score (nSPS) is 15.7. The van der Waals surface area contributed by atoms with Crippen molar-refractivity contribution in [1.82, 2.24) is 14.5 Å². The molecule has 1 aliphatic heterocycles. The lowest BCUT2D eigenvalue weighted by Gasteiger charge is -2.34. The van der Waals surface area contributed by atoms with Crippen LogP contribution in [0.5, 0.6) is 5.75 Å². The van der Waals surface area contributed by atoms with E-state index >= 15 is 0 Å². The molecule has 1 saturated heterocycles. The predicted octanol–water partition coefficient (Wildman–Crippen LogP) is 1.64. The first-order valence-electron chi connectivity index (χ1n) is 9.79. The summed E-state index contributed by atoms with van der Waals surface area (Å²) < 4.78 is 45.1. The number of hydrogen-bond acceptors (Lipinski definition) is 5. The van der Waals surface area contributed by atoms with Crippen LogP contribution in [0.2, 0.25) is 0 Å². The molecule has 1 aliphatic rings. The van der Waals surface area contributed by atoms with E-state index in [0.717, 1.165) is 5.56 Å². The van der Waals surface area contributed by atoms with E-state index in [-0.39, 0.29) is 18.3 Å². The zero-order chi connectivity index (χ0) is 21.6. The van der Waals surface area contributed by atoms with Crippen molar-refractivity contribution in [2.75, 3.05) is 45.9 Å². The Kier molecular flexibility index (Phi) is 7.41. The SMILES string of the molecule is Cc1ccc(S(=O)(=O)N2CCN(CCNC(=O)COc3ccc(F)cc3)CC2)cc1. The molecule has 1 heterocycles. The van der Waals surface area contributed by atoms with Crippen LogP contribution in [-0.2, 0) is 14.8 Å². The fourth-order valence-electron chi connectivity index (χ4n) is 3.14. The lowest BCUT2D eigenvalue weighted by molar-refractivity contribution is -0.123. The van der Waals surface area contributed by atoms with Gasteiger partial charge in [-0.1, -0.05) is 17.7 Å². The molecule has 162 valence electrons. The van der Waals surface area contributed by atoms with Crippen LogP contribution in [0.3, 0.4) is 0 Å². The van der Waals surface area contributed by atoms with Gasteiger partial charge in [0.15, 0.2) is 6.61 Å². The molecule has 0 aliphatic carbocycles. The van der Waals surface area contributed by atoms with Crippen LogP contribution in [0.4, 0.5) is 4.39 Å². The first-order valence-corrected chi connectivity index (χ1v) is 11.2. The Morgan fingerprint density at radius 1 is 1.03 bits per heavy atom. The van der Waals surface area contributed by atoms with Crippen LogP contribution in [0.15, 0.2) is 53.4 Å². The number of nitrogens with one attached hydrogen (secondary N) is 1. The number of carbonyl (C=O) groups excluding carboxylic acids is 1. The van der Waals surface area contributed by atoms with Crippen molar-refractivity contribution in [3.05, 3.63) is 59.9 Å². The Morgan fingerprint density at radius 3 is 2.30 bits per heavy atom. The van der Waals surface area contributed by atoms with E-state index in [1.807, 2.05) is 6.92 Å². The van der Waals surface area contributed by atoms with E-state index in [1.54, 1.807) is 24.3 Å². The van der Waals surface area contributed by atoms with Gasteiger partial charge in [0.2, 0.25) is 10.0 Å². The number of benzene rings is 2. The van der Waals surface area contributed by atoms with E-state index < -0.39 is 10.0 Å². The topological polar surface area (TPSA) is 79.0 Å². The summed E-state index contributed by atoms with van der Waals surface area (Å²) in [4.78, 5) is 14.3. The van der Waals surface area contributed by atoms with Crippen molar-refractivity contribution in [3.8, 4) is 5.75 Å². The second-order valence-electron chi connectivity index (χ2n) is 7.15. The second kappa shape index (κ2) is 10.0. The molecule has 0 aromatic heterocycles. The van der Waals surface area contributed by atoms with Crippen molar-refractivity contribution in [2.45, 2.75) is 11.8 Å². The summed E-state index contributed by atoms with van der Waals surface area (Å²) in [6, 6.07) is 12.3. The molecule has 0 atom stereocenters. The molecule has 0 unspecified atom stereocenters. The third-order valence-corrected chi connectivity index (χ3v) is 6.84. The van der Waals surface area contributed by atoms with Gasteiger partial charge in [0.1, 0.15) is 11.6 Å². The summed E-state index contributed by atoms with van der Waals surface area (Å²) in [5, 5.41) is 2.77. The minimum atomic E-state index is -3.48. The van der Waals surface area contributed by atoms with Gasteiger partial charge in [-0.3, -0.25) is 9.69 Å². The van der Waals surface area contributed by atoms with Gasteiger partial charge in [0.25, 0.3) is 5.91 Å². The maximum absolute atomic E-state index is 12.8. The average molecular weight is 436 g/mol. The summed E-state index contributed by atoms with van der Waals surface area (Å²) in [5.74, 6) is -0.198. The van der Waals surface area contributed by atoms with Gasteiger partial charge in [0, 0.05) is 39.3 Å². The van der Waals surface area contributed by atoms with Gasteiger partial charge in [-0.15, -0.1) is 0 Å². The van der Waals surface area contributed by atoms with Gasteiger partial charge < -0.3 is 10.1 Å². The summed E-state index contributed by atoms with van der Waals surface area (Å²) >= 11 is 0. The van der Waals surface area contributed by atoms with Crippen LogP contribution >= 0.6 is 0 Å². The van der Waals surface area contributed by atoms with Crippen molar-refractivity contribution in [1.29, 1.82) is 0 Å². The highest BCUT2D eigenvalue weighted by atomic mass is 32.2. The third-order valence-electron chi connectivity index (χ3n) is 4.92. The molecule has 0 saturated carbocycles. The number of halogens is 1. The summed E-state index contributed by atoms with van der Waals surface area (Å²) in [6.45, 7) is 4.88. The molecule has 0 bridgehead atoms. The largest absolute Gasteiger partial charge is 0.484 e. The molecule has 1 fully saturated rings. The van der Waals surface area contributed by atoms with Gasteiger partial charge >= 0.3 is 0 Å². The van der Waals surface area contributed by atoms with E-state index in [4.69, 9.17) is 4.74 Å². The van der Waals surface area contributed by atoms with E-state index in [0.29, 0.717) is 49.9 Å². The number of sulfonamides is 1. The molecule has 1 N–H and O–H groups in total. The Balaban J connectivity index is 1.37. The van der Waals surface area contributed by atoms with Crippen molar-refractivity contribution in [3.63, 3.8) is 0 Å². The standard InChI is InChI=1S/C21H26FN3O4S/c1-17-2-8-20(9-3-17)30(27,28)25-14-12-24(13-15-25)11-10-23-21(26)16-29-19-6-4-18(22)5-7-19/h2-9H,10-16H2,1H3,(H,23,26). The Labute approximate surface area is 176 Å². The van der Waals surface area contributed by atoms with Crippen molar-refractivity contribution >= 4 is 15.9 Å². The summed E-state index contributed by atoms with van der Waals surface area (Å²) in [6.07, 6.45) is 0. The van der Waals surface area contributed by atoms with Gasteiger partial charge in [0.05, 0.1) is 4.90 Å². The highest BCUT2D eigenvalue weighted by Gasteiger charge is 2.28. The molecule has 0 spiro atoms. The van der Waals surface area contributed by atoms with Crippen LogP contribution in [0.25, 0.3) is 0 Å². The van der Waals surface area contributed by atoms with Crippen molar-refractivity contribution in [2.24, 2.45) is 0 Å². The average Bonchev–Trinajstić information content (AvgIpc) is 2.74. The molecule has 9 heteroatoms. The molecular formula is C21H26FN3O4S. The smallest absolute Gasteiger partial charge is 0.257 e. The highest BCUT2D eigenvalue weighted by Crippen LogP contribution is 2.18. The zero-order valence-corrected chi connectivity index (χ0v) is 17.7. The number of hydrogen-bond donors (Lipinski definition) is 1. The lowest BCUT2D eigenvalue weighted by Crippen LogP contribution is -2.50. The summed E-state index contributed by atoms with van der Waals surface area (Å²) in [7, 11) is -3.48. The van der Waals surface area contributed by atoms with Gasteiger partial charge in [-0.25, -0.2) is 12.8 Å². The molecule has 30 heavy (non-hydrogen) atoms. The van der Waals surface area contributed by atoms with Crippen molar-refractivity contribution < 1.29 is 22.3 Å². The van der Waals surface area contributed by atoms with Crippen LogP contribution in [0, 0.1) is 12.7 Å². The van der Waals surface area contributed by atoms with E-state index in [2.05, 4.69) is 10.2 Å². The molecule has 2 aromatic rings. The third kappa shape index (κ3) is 6.01. The fraction of sp³-hybridized carbons (Fsp3) is 0.381. The predicted molar refractivity (Wildman–Crippen MR) is 111 cm³/mol. The van der Waals surface area contributed by atoms with E-state index in [1.165, 1.54) is 28.6 Å². The lowest BCUT2D eigenvalue weighted by atomic mass is 10.2. The molecule has 1 amide bonds. The number of piperazine rings is 1. The summed E-state index contributed by atoms with van der Waals surface area (Å²) in [5.41, 5.74) is 1.02. The van der Waals surface area contributed by atoms with Gasteiger partial charge in [-0.05, 0) is 43.3 Å². The second-order valence-corrected chi connectivity index (χ2v) is 9.09. The first-order chi connectivity index (χ1) is 14.3. The number of rotatable bonds is 8. The Morgan fingerprint density at radius 2 is 1.67 bits per heavy atom. The highest BCUT2D eigenvalue weighted by molar-refractivity contribution is 7.89. The zero-order valence-electron chi connectivity index (χ0n) is 16.9. The maximum Gasteiger partial charge on any atom is 0.257 e. The number of nitrogens with zero attached hydrogens (tertiary/aromatic N) is 2. The molecule has 7 nitrogen and oxygen atoms in total. The first kappa shape index (κ1) is 22.2. The molecule has 2 aromatic carbocycles. The quantitative estimate of drug-likeness (QED) is 0.682. The fourth-order valence-corrected chi connectivity index (χ4v) is 4.56. The number of aryl methyl sites for hydroxylation is 1. The molecule has 3 rings (SSSR count). The molecule has 0 radical (unpaired) electrons. The number of ether oxygens (including phenoxy) is 1. The van der Waals surface area contributed by atoms with Gasteiger partial charge in [-0.2, -0.15) is 4.31 Å². The van der Waals surface area contributed by atoms with E-state index in [9.17, 15) is 17.6 Å². The Hall–Kier alpha value is -2.49. The minimum absolute atomic E-state index is 0.145. The Bertz CT molecular complexity index is 941. The van der Waals surface area contributed by atoms with Crippen LogP contribution in [-0.4, -0.2) is 69.4 Å².